The average Bonchev–Trinajstić information content (AvgIpc) is 2.68. The third-order valence-electron chi connectivity index (χ3n) is 2.69. The summed E-state index contributed by atoms with van der Waals surface area (Å²) in [6, 6.07) is 3.61. The Morgan fingerprint density at radius 3 is 2.80 bits per heavy atom. The first kappa shape index (κ1) is 10.0. The van der Waals surface area contributed by atoms with Crippen molar-refractivity contribution < 1.29 is 9.21 Å². The lowest BCUT2D eigenvalue weighted by Crippen LogP contribution is -2.27. The molecular formula is C12H15NO2. The summed E-state index contributed by atoms with van der Waals surface area (Å²) in [5, 5.41) is 0. The van der Waals surface area contributed by atoms with Gasteiger partial charge >= 0.3 is 0 Å². The zero-order valence-electron chi connectivity index (χ0n) is 9.12. The molecule has 1 aliphatic heterocycles. The fourth-order valence-corrected chi connectivity index (χ4v) is 1.66. The van der Waals surface area contributed by atoms with Crippen molar-refractivity contribution in [3.63, 3.8) is 0 Å². The topological polar surface area (TPSA) is 33.5 Å². The van der Waals surface area contributed by atoms with Gasteiger partial charge in [-0.25, -0.2) is 0 Å². The molecule has 0 saturated heterocycles. The molecule has 1 aromatic rings. The Bertz CT molecular complexity index is 404. The van der Waals surface area contributed by atoms with Gasteiger partial charge < -0.3 is 9.32 Å². The van der Waals surface area contributed by atoms with Crippen LogP contribution in [0, 0.1) is 0 Å². The minimum Gasteiger partial charge on any atom is -0.437 e. The van der Waals surface area contributed by atoms with E-state index in [0.717, 1.165) is 25.4 Å². The van der Waals surface area contributed by atoms with Crippen LogP contribution in [0.4, 0.5) is 5.88 Å². The molecule has 1 aliphatic rings. The van der Waals surface area contributed by atoms with E-state index < -0.39 is 0 Å². The maximum absolute atomic E-state index is 11.1. The van der Waals surface area contributed by atoms with Gasteiger partial charge in [0.1, 0.15) is 0 Å². The molecule has 0 unspecified atom stereocenters. The highest BCUT2D eigenvalue weighted by atomic mass is 16.4. The number of hydrogen-bond acceptors (Lipinski definition) is 3. The lowest BCUT2D eigenvalue weighted by Gasteiger charge is -2.24. The van der Waals surface area contributed by atoms with Crippen LogP contribution in [0.25, 0.3) is 0 Å². The standard InChI is InChI=1S/C12H15NO2/c1-9-5-7-13(8-6-9)12-4-3-11(15-12)10(2)14/h3-5H,6-8H2,1-2H3. The van der Waals surface area contributed by atoms with Crippen molar-refractivity contribution in [2.24, 2.45) is 0 Å². The summed E-state index contributed by atoms with van der Waals surface area (Å²) in [5.74, 6) is 1.21. The molecule has 0 bridgehead atoms. The van der Waals surface area contributed by atoms with Gasteiger partial charge in [-0.15, -0.1) is 0 Å². The first-order chi connectivity index (χ1) is 7.16. The van der Waals surface area contributed by atoms with E-state index in [1.807, 2.05) is 6.07 Å². The number of ketones is 1. The third kappa shape index (κ3) is 2.12. The minimum absolute atomic E-state index is 0.0232. The number of nitrogens with zero attached hydrogens (tertiary/aromatic N) is 1. The van der Waals surface area contributed by atoms with Crippen molar-refractivity contribution in [1.82, 2.24) is 0 Å². The van der Waals surface area contributed by atoms with Crippen LogP contribution in [-0.4, -0.2) is 18.9 Å². The monoisotopic (exact) mass is 205 g/mol. The Morgan fingerprint density at radius 2 is 2.27 bits per heavy atom. The number of Topliss-reactive ketones (excluding diaryl/α,β-unsaturated/α-hetero) is 1. The molecule has 0 saturated carbocycles. The normalized spacial score (nSPS) is 16.4. The summed E-state index contributed by atoms with van der Waals surface area (Å²) in [4.78, 5) is 13.2. The molecule has 0 N–H and O–H groups in total. The molecule has 0 radical (unpaired) electrons. The van der Waals surface area contributed by atoms with E-state index >= 15 is 0 Å². The smallest absolute Gasteiger partial charge is 0.196 e. The Labute approximate surface area is 89.4 Å². The van der Waals surface area contributed by atoms with E-state index in [4.69, 9.17) is 4.42 Å². The minimum atomic E-state index is -0.0232. The van der Waals surface area contributed by atoms with E-state index in [2.05, 4.69) is 17.9 Å². The maximum Gasteiger partial charge on any atom is 0.196 e. The SMILES string of the molecule is CC(=O)c1ccc(N2CC=C(C)CC2)o1. The maximum atomic E-state index is 11.1. The summed E-state index contributed by atoms with van der Waals surface area (Å²) >= 11 is 0. The highest BCUT2D eigenvalue weighted by molar-refractivity contribution is 5.91. The molecule has 80 valence electrons. The van der Waals surface area contributed by atoms with Crippen LogP contribution in [0.1, 0.15) is 30.8 Å². The van der Waals surface area contributed by atoms with Crippen molar-refractivity contribution in [3.8, 4) is 0 Å². The highest BCUT2D eigenvalue weighted by Crippen LogP contribution is 2.22. The molecule has 0 fully saturated rings. The summed E-state index contributed by atoms with van der Waals surface area (Å²) in [7, 11) is 0. The van der Waals surface area contributed by atoms with Gasteiger partial charge in [0.05, 0.1) is 0 Å². The van der Waals surface area contributed by atoms with Gasteiger partial charge in [0, 0.05) is 26.1 Å². The van der Waals surface area contributed by atoms with Gasteiger partial charge in [-0.2, -0.15) is 0 Å². The summed E-state index contributed by atoms with van der Waals surface area (Å²) in [6.45, 7) is 5.49. The number of hydrogen-bond donors (Lipinski definition) is 0. The summed E-state index contributed by atoms with van der Waals surface area (Å²) < 4.78 is 5.47. The quantitative estimate of drug-likeness (QED) is 0.549. The number of furan rings is 1. The average molecular weight is 205 g/mol. The second-order valence-corrected chi connectivity index (χ2v) is 3.94. The largest absolute Gasteiger partial charge is 0.437 e. The van der Waals surface area contributed by atoms with E-state index in [9.17, 15) is 4.79 Å². The Kier molecular flexibility index (Phi) is 2.62. The van der Waals surface area contributed by atoms with Gasteiger partial charge in [0.2, 0.25) is 0 Å². The number of anilines is 1. The number of carbonyl (C=O) groups excluding carboxylic acids is 1. The van der Waals surface area contributed by atoms with Crippen molar-refractivity contribution in [2.45, 2.75) is 20.3 Å². The van der Waals surface area contributed by atoms with E-state index in [-0.39, 0.29) is 5.78 Å². The molecule has 0 atom stereocenters. The lowest BCUT2D eigenvalue weighted by atomic mass is 10.1. The first-order valence-electron chi connectivity index (χ1n) is 5.18. The molecule has 0 spiro atoms. The second-order valence-electron chi connectivity index (χ2n) is 3.94. The molecule has 0 amide bonds. The van der Waals surface area contributed by atoms with Crippen LogP contribution in [0.15, 0.2) is 28.2 Å². The predicted octanol–water partition coefficient (Wildman–Crippen LogP) is 2.64. The van der Waals surface area contributed by atoms with Crippen molar-refractivity contribution >= 4 is 11.7 Å². The van der Waals surface area contributed by atoms with Crippen LogP contribution >= 0.6 is 0 Å². The van der Waals surface area contributed by atoms with Crippen LogP contribution < -0.4 is 4.90 Å². The van der Waals surface area contributed by atoms with E-state index in [0.29, 0.717) is 5.76 Å². The fourth-order valence-electron chi connectivity index (χ4n) is 1.66. The van der Waals surface area contributed by atoms with E-state index in [1.165, 1.54) is 12.5 Å². The van der Waals surface area contributed by atoms with Gasteiger partial charge in [0.15, 0.2) is 17.4 Å². The summed E-state index contributed by atoms with van der Waals surface area (Å²) in [6.07, 6.45) is 3.26. The summed E-state index contributed by atoms with van der Waals surface area (Å²) in [5.41, 5.74) is 1.42. The van der Waals surface area contributed by atoms with Crippen LogP contribution in [0.5, 0.6) is 0 Å². The van der Waals surface area contributed by atoms with Crippen LogP contribution in [0.2, 0.25) is 0 Å². The predicted molar refractivity (Wildman–Crippen MR) is 59.3 cm³/mol. The van der Waals surface area contributed by atoms with Crippen molar-refractivity contribution in [1.29, 1.82) is 0 Å². The molecule has 0 aliphatic carbocycles. The molecular weight excluding hydrogens is 190 g/mol. The molecule has 2 heterocycles. The molecule has 15 heavy (non-hydrogen) atoms. The second kappa shape index (κ2) is 3.93. The van der Waals surface area contributed by atoms with Crippen molar-refractivity contribution in [3.05, 3.63) is 29.5 Å². The van der Waals surface area contributed by atoms with Gasteiger partial charge in [-0.1, -0.05) is 11.6 Å². The fraction of sp³-hybridized carbons (Fsp3) is 0.417. The lowest BCUT2D eigenvalue weighted by molar-refractivity contribution is 0.0988. The van der Waals surface area contributed by atoms with Crippen molar-refractivity contribution in [2.75, 3.05) is 18.0 Å². The number of carbonyl (C=O) groups is 1. The Balaban J connectivity index is 2.13. The van der Waals surface area contributed by atoms with Crippen LogP contribution in [0.3, 0.4) is 0 Å². The Morgan fingerprint density at radius 1 is 1.47 bits per heavy atom. The van der Waals surface area contributed by atoms with Gasteiger partial charge in [-0.3, -0.25) is 4.79 Å². The van der Waals surface area contributed by atoms with Gasteiger partial charge in [0.25, 0.3) is 0 Å². The zero-order chi connectivity index (χ0) is 10.8. The molecule has 1 aromatic heterocycles. The van der Waals surface area contributed by atoms with Crippen LogP contribution in [-0.2, 0) is 0 Å². The number of rotatable bonds is 2. The third-order valence-corrected chi connectivity index (χ3v) is 2.69. The molecule has 3 heteroatoms. The highest BCUT2D eigenvalue weighted by Gasteiger charge is 2.14. The Hall–Kier alpha value is -1.51. The first-order valence-corrected chi connectivity index (χ1v) is 5.18. The molecule has 0 aromatic carbocycles. The molecule has 2 rings (SSSR count). The van der Waals surface area contributed by atoms with E-state index in [1.54, 1.807) is 6.07 Å². The zero-order valence-corrected chi connectivity index (χ0v) is 9.12. The molecule has 3 nitrogen and oxygen atoms in total. The van der Waals surface area contributed by atoms with Gasteiger partial charge in [-0.05, 0) is 19.4 Å².